The summed E-state index contributed by atoms with van der Waals surface area (Å²) < 4.78 is 1.09. The van der Waals surface area contributed by atoms with Gasteiger partial charge in [-0.05, 0) is 49.9 Å². The van der Waals surface area contributed by atoms with Crippen molar-refractivity contribution >= 4 is 39.0 Å². The van der Waals surface area contributed by atoms with Crippen molar-refractivity contribution in [1.82, 2.24) is 19.9 Å². The largest absolute Gasteiger partial charge is 0.396 e. The molecule has 0 aliphatic heterocycles. The molecule has 4 N–H and O–H groups in total. The number of aryl methyl sites for hydroxylation is 1. The van der Waals surface area contributed by atoms with Crippen molar-refractivity contribution in [3.05, 3.63) is 54.5 Å². The summed E-state index contributed by atoms with van der Waals surface area (Å²) in [5, 5.41) is 27.6. The molecular formula is C23H24N6O2S. The second kappa shape index (κ2) is 8.78. The van der Waals surface area contributed by atoms with Crippen molar-refractivity contribution in [3.63, 3.8) is 0 Å². The summed E-state index contributed by atoms with van der Waals surface area (Å²) >= 11 is 1.59. The van der Waals surface area contributed by atoms with Gasteiger partial charge in [-0.2, -0.15) is 4.98 Å². The minimum Gasteiger partial charge on any atom is -0.396 e. The van der Waals surface area contributed by atoms with Gasteiger partial charge < -0.3 is 20.8 Å². The van der Waals surface area contributed by atoms with Gasteiger partial charge in [-0.3, -0.25) is 4.98 Å². The molecule has 0 bridgehead atoms. The van der Waals surface area contributed by atoms with Gasteiger partial charge in [0.15, 0.2) is 0 Å². The monoisotopic (exact) mass is 448 g/mol. The van der Waals surface area contributed by atoms with E-state index in [9.17, 15) is 10.2 Å². The zero-order valence-corrected chi connectivity index (χ0v) is 18.4. The second-order valence-electron chi connectivity index (χ2n) is 8.04. The maximum atomic E-state index is 10.5. The Balaban J connectivity index is 1.56. The van der Waals surface area contributed by atoms with Gasteiger partial charge in [-0.1, -0.05) is 12.1 Å². The third-order valence-corrected chi connectivity index (χ3v) is 6.79. The van der Waals surface area contributed by atoms with Crippen LogP contribution in [0.25, 0.3) is 20.8 Å². The summed E-state index contributed by atoms with van der Waals surface area (Å²) in [4.78, 5) is 18.3. The van der Waals surface area contributed by atoms with E-state index in [1.54, 1.807) is 23.7 Å². The predicted molar refractivity (Wildman–Crippen MR) is 126 cm³/mol. The predicted octanol–water partition coefficient (Wildman–Crippen LogP) is 3.74. The SMILES string of the molecule is Cc1nc(Nc2ccncc2)nc(N[C@@H]2C[C@H](CO)C[C@H]2O)c1-c1nc2ccccc2s1. The molecule has 9 heteroatoms. The highest BCUT2D eigenvalue weighted by atomic mass is 32.1. The summed E-state index contributed by atoms with van der Waals surface area (Å²) in [5.74, 6) is 1.15. The van der Waals surface area contributed by atoms with Crippen LogP contribution in [0.1, 0.15) is 18.5 Å². The van der Waals surface area contributed by atoms with Crippen molar-refractivity contribution < 1.29 is 10.2 Å². The number of pyridine rings is 1. The van der Waals surface area contributed by atoms with E-state index in [0.717, 1.165) is 32.2 Å². The lowest BCUT2D eigenvalue weighted by Gasteiger charge is -2.20. The lowest BCUT2D eigenvalue weighted by Crippen LogP contribution is -2.29. The summed E-state index contributed by atoms with van der Waals surface area (Å²) in [6.07, 6.45) is 4.09. The molecule has 5 rings (SSSR count). The van der Waals surface area contributed by atoms with E-state index in [4.69, 9.17) is 9.97 Å². The molecule has 1 fully saturated rings. The average molecular weight is 449 g/mol. The van der Waals surface area contributed by atoms with Gasteiger partial charge in [0.2, 0.25) is 5.95 Å². The number of rotatable bonds is 6. The van der Waals surface area contributed by atoms with Gasteiger partial charge in [0.25, 0.3) is 0 Å². The molecule has 1 saturated carbocycles. The Kier molecular flexibility index (Phi) is 5.69. The Hall–Kier alpha value is -3.14. The number of aliphatic hydroxyl groups is 2. The first-order valence-electron chi connectivity index (χ1n) is 10.6. The third-order valence-electron chi connectivity index (χ3n) is 5.74. The van der Waals surface area contributed by atoms with Crippen LogP contribution in [0, 0.1) is 12.8 Å². The average Bonchev–Trinajstić information content (AvgIpc) is 3.37. The third kappa shape index (κ3) is 4.14. The molecule has 0 unspecified atom stereocenters. The van der Waals surface area contributed by atoms with Gasteiger partial charge in [0.05, 0.1) is 33.6 Å². The number of aliphatic hydroxyl groups excluding tert-OH is 2. The molecule has 1 aliphatic carbocycles. The number of fused-ring (bicyclic) bond motifs is 1. The van der Waals surface area contributed by atoms with E-state index < -0.39 is 6.10 Å². The lowest BCUT2D eigenvalue weighted by molar-refractivity contribution is 0.157. The molecular weight excluding hydrogens is 424 g/mol. The van der Waals surface area contributed by atoms with E-state index in [2.05, 4.69) is 20.6 Å². The maximum absolute atomic E-state index is 10.5. The van der Waals surface area contributed by atoms with E-state index >= 15 is 0 Å². The molecule has 3 aromatic heterocycles. The molecule has 0 saturated heterocycles. The van der Waals surface area contributed by atoms with Gasteiger partial charge in [-0.25, -0.2) is 9.97 Å². The Morgan fingerprint density at radius 1 is 1.06 bits per heavy atom. The zero-order valence-electron chi connectivity index (χ0n) is 17.6. The molecule has 3 atom stereocenters. The number of nitrogens with zero attached hydrogens (tertiary/aromatic N) is 4. The van der Waals surface area contributed by atoms with Crippen LogP contribution in [0.5, 0.6) is 0 Å². The van der Waals surface area contributed by atoms with Crippen LogP contribution < -0.4 is 10.6 Å². The molecule has 164 valence electrons. The number of nitrogens with one attached hydrogen (secondary N) is 2. The normalized spacial score (nSPS) is 20.5. The molecule has 0 radical (unpaired) electrons. The number of aromatic nitrogens is 4. The summed E-state index contributed by atoms with van der Waals surface area (Å²) in [7, 11) is 0. The summed E-state index contributed by atoms with van der Waals surface area (Å²) in [5.41, 5.74) is 3.37. The van der Waals surface area contributed by atoms with Gasteiger partial charge in [-0.15, -0.1) is 11.3 Å². The van der Waals surface area contributed by atoms with Crippen LogP contribution in [-0.2, 0) is 0 Å². The highest BCUT2D eigenvalue weighted by Gasteiger charge is 2.33. The first-order chi connectivity index (χ1) is 15.6. The quantitative estimate of drug-likeness (QED) is 0.352. The van der Waals surface area contributed by atoms with Crippen LogP contribution >= 0.6 is 11.3 Å². The smallest absolute Gasteiger partial charge is 0.229 e. The van der Waals surface area contributed by atoms with E-state index in [0.29, 0.717) is 24.6 Å². The Morgan fingerprint density at radius 2 is 1.88 bits per heavy atom. The molecule has 0 amide bonds. The van der Waals surface area contributed by atoms with Crippen molar-refractivity contribution in [2.45, 2.75) is 31.9 Å². The molecule has 0 spiro atoms. The van der Waals surface area contributed by atoms with Gasteiger partial charge in [0.1, 0.15) is 10.8 Å². The van der Waals surface area contributed by atoms with Crippen molar-refractivity contribution in [3.8, 4) is 10.6 Å². The number of thiazole rings is 1. The number of para-hydroxylation sites is 1. The Morgan fingerprint density at radius 3 is 2.62 bits per heavy atom. The topological polar surface area (TPSA) is 116 Å². The van der Waals surface area contributed by atoms with Crippen molar-refractivity contribution in [2.24, 2.45) is 5.92 Å². The molecule has 3 heterocycles. The standard InChI is InChI=1S/C23H24N6O2S/c1-13-20(22-28-16-4-2-3-5-19(16)32-22)21(27-17-10-14(12-30)11-18(17)31)29-23(25-13)26-15-6-8-24-9-7-15/h2-9,14,17-18,30-31H,10-12H2,1H3,(H2,24,25,26,27,29)/t14-,17+,18+/m0/s1. The van der Waals surface area contributed by atoms with E-state index in [1.165, 1.54) is 0 Å². The summed E-state index contributed by atoms with van der Waals surface area (Å²) in [6.45, 7) is 2.01. The van der Waals surface area contributed by atoms with E-state index in [-0.39, 0.29) is 18.6 Å². The maximum Gasteiger partial charge on any atom is 0.229 e. The second-order valence-corrected chi connectivity index (χ2v) is 9.07. The van der Waals surface area contributed by atoms with Gasteiger partial charge in [0, 0.05) is 24.7 Å². The number of benzene rings is 1. The Bertz CT molecular complexity index is 1200. The lowest BCUT2D eigenvalue weighted by atomic mass is 10.1. The van der Waals surface area contributed by atoms with Crippen LogP contribution in [0.15, 0.2) is 48.8 Å². The molecule has 1 aromatic carbocycles. The fourth-order valence-electron chi connectivity index (χ4n) is 4.13. The van der Waals surface area contributed by atoms with Crippen LogP contribution in [0.2, 0.25) is 0 Å². The van der Waals surface area contributed by atoms with Crippen LogP contribution in [-0.4, -0.2) is 48.9 Å². The van der Waals surface area contributed by atoms with Crippen molar-refractivity contribution in [1.29, 1.82) is 0 Å². The first-order valence-corrected chi connectivity index (χ1v) is 11.4. The Labute approximate surface area is 189 Å². The summed E-state index contributed by atoms with van der Waals surface area (Å²) in [6, 6.07) is 11.5. The fraction of sp³-hybridized carbons (Fsp3) is 0.304. The number of hydrogen-bond donors (Lipinski definition) is 4. The minimum atomic E-state index is -0.553. The highest BCUT2D eigenvalue weighted by Crippen LogP contribution is 2.38. The molecule has 8 nitrogen and oxygen atoms in total. The van der Waals surface area contributed by atoms with E-state index in [1.807, 2.05) is 43.3 Å². The number of hydrogen-bond acceptors (Lipinski definition) is 9. The highest BCUT2D eigenvalue weighted by molar-refractivity contribution is 7.21. The molecule has 32 heavy (non-hydrogen) atoms. The van der Waals surface area contributed by atoms with Gasteiger partial charge >= 0.3 is 0 Å². The minimum absolute atomic E-state index is 0.0671. The molecule has 1 aliphatic rings. The molecule has 4 aromatic rings. The van der Waals surface area contributed by atoms with Crippen molar-refractivity contribution in [2.75, 3.05) is 17.2 Å². The fourth-order valence-corrected chi connectivity index (χ4v) is 5.19. The first kappa shape index (κ1) is 20.7. The van der Waals surface area contributed by atoms with Crippen LogP contribution in [0.4, 0.5) is 17.5 Å². The zero-order chi connectivity index (χ0) is 22.1. The number of anilines is 3. The van der Waals surface area contributed by atoms with Crippen LogP contribution in [0.3, 0.4) is 0 Å².